The summed E-state index contributed by atoms with van der Waals surface area (Å²) in [7, 11) is 3.81. The van der Waals surface area contributed by atoms with E-state index in [2.05, 4.69) is 5.32 Å². The number of aryl methyl sites for hydroxylation is 1. The molecule has 0 saturated heterocycles. The van der Waals surface area contributed by atoms with Crippen molar-refractivity contribution in [3.8, 4) is 0 Å². The van der Waals surface area contributed by atoms with E-state index in [1.165, 1.54) is 6.42 Å². The second-order valence-electron chi connectivity index (χ2n) is 6.78. The van der Waals surface area contributed by atoms with Gasteiger partial charge in [-0.1, -0.05) is 49.1 Å². The molecular formula is C18H28N2O2. The van der Waals surface area contributed by atoms with E-state index in [0.717, 1.165) is 36.8 Å². The summed E-state index contributed by atoms with van der Waals surface area (Å²) in [6.07, 6.45) is 4.83. The summed E-state index contributed by atoms with van der Waals surface area (Å²) in [4.78, 5) is 14.5. The van der Waals surface area contributed by atoms with Crippen LogP contribution in [-0.2, 0) is 4.79 Å². The first-order chi connectivity index (χ1) is 10.4. The van der Waals surface area contributed by atoms with E-state index in [4.69, 9.17) is 0 Å². The standard InChI is InChI=1S/C18H28N2O2/c1-14-8-7-9-15(12-14)16(20(2)3)17(21)19-13-18(22)10-5-4-6-11-18/h7-9,12,16,22H,4-6,10-11,13H2,1-3H3,(H,19,21). The number of hydrogen-bond donors (Lipinski definition) is 2. The summed E-state index contributed by atoms with van der Waals surface area (Å²) in [6.45, 7) is 2.38. The second kappa shape index (κ2) is 7.25. The number of aliphatic hydroxyl groups is 1. The number of rotatable bonds is 5. The maximum Gasteiger partial charge on any atom is 0.242 e. The van der Waals surface area contributed by atoms with Gasteiger partial charge < -0.3 is 10.4 Å². The van der Waals surface area contributed by atoms with Gasteiger partial charge in [-0.3, -0.25) is 9.69 Å². The van der Waals surface area contributed by atoms with Crippen molar-refractivity contribution in [2.45, 2.75) is 50.7 Å². The molecule has 0 radical (unpaired) electrons. The molecule has 122 valence electrons. The predicted molar refractivity (Wildman–Crippen MR) is 88.7 cm³/mol. The molecule has 1 aliphatic rings. The largest absolute Gasteiger partial charge is 0.388 e. The summed E-state index contributed by atoms with van der Waals surface area (Å²) < 4.78 is 0. The van der Waals surface area contributed by atoms with Crippen molar-refractivity contribution in [3.63, 3.8) is 0 Å². The van der Waals surface area contributed by atoms with Crippen LogP contribution in [0.5, 0.6) is 0 Å². The van der Waals surface area contributed by atoms with Crippen LogP contribution in [0.4, 0.5) is 0 Å². The van der Waals surface area contributed by atoms with Crippen molar-refractivity contribution in [1.29, 1.82) is 0 Å². The number of carbonyl (C=O) groups is 1. The molecule has 0 aromatic heterocycles. The zero-order chi connectivity index (χ0) is 16.2. The Morgan fingerprint density at radius 3 is 2.59 bits per heavy atom. The van der Waals surface area contributed by atoms with Crippen LogP contribution in [0.15, 0.2) is 24.3 Å². The molecule has 1 aromatic rings. The molecule has 0 aliphatic heterocycles. The molecule has 2 rings (SSSR count). The lowest BCUT2D eigenvalue weighted by Gasteiger charge is -2.33. The zero-order valence-corrected chi connectivity index (χ0v) is 13.9. The molecular weight excluding hydrogens is 276 g/mol. The molecule has 1 fully saturated rings. The molecule has 0 spiro atoms. The molecule has 1 unspecified atom stereocenters. The first-order valence-corrected chi connectivity index (χ1v) is 8.14. The highest BCUT2D eigenvalue weighted by Gasteiger charge is 2.31. The average molecular weight is 304 g/mol. The molecule has 1 aliphatic carbocycles. The Morgan fingerprint density at radius 1 is 1.32 bits per heavy atom. The van der Waals surface area contributed by atoms with Crippen LogP contribution in [-0.4, -0.2) is 42.2 Å². The number of carbonyl (C=O) groups excluding carboxylic acids is 1. The van der Waals surface area contributed by atoms with Gasteiger partial charge >= 0.3 is 0 Å². The lowest BCUT2D eigenvalue weighted by atomic mass is 9.85. The quantitative estimate of drug-likeness (QED) is 0.878. The van der Waals surface area contributed by atoms with Crippen LogP contribution in [0.2, 0.25) is 0 Å². The van der Waals surface area contributed by atoms with Crippen LogP contribution in [0, 0.1) is 6.92 Å². The van der Waals surface area contributed by atoms with Crippen LogP contribution >= 0.6 is 0 Å². The highest BCUT2D eigenvalue weighted by molar-refractivity contribution is 5.83. The van der Waals surface area contributed by atoms with E-state index in [0.29, 0.717) is 6.54 Å². The molecule has 2 N–H and O–H groups in total. The number of benzene rings is 1. The van der Waals surface area contributed by atoms with Crippen molar-refractivity contribution >= 4 is 5.91 Å². The smallest absolute Gasteiger partial charge is 0.242 e. The topological polar surface area (TPSA) is 52.6 Å². The van der Waals surface area contributed by atoms with Gasteiger partial charge in [0.2, 0.25) is 5.91 Å². The molecule has 0 heterocycles. The SMILES string of the molecule is Cc1cccc(C(C(=O)NCC2(O)CCCCC2)N(C)C)c1. The van der Waals surface area contributed by atoms with E-state index < -0.39 is 5.60 Å². The predicted octanol–water partition coefficient (Wildman–Crippen LogP) is 2.41. The minimum Gasteiger partial charge on any atom is -0.388 e. The molecule has 4 nitrogen and oxygen atoms in total. The maximum absolute atomic E-state index is 12.6. The third kappa shape index (κ3) is 4.31. The Morgan fingerprint density at radius 2 is 2.00 bits per heavy atom. The molecule has 1 atom stereocenters. The summed E-state index contributed by atoms with van der Waals surface area (Å²) in [6, 6.07) is 7.70. The summed E-state index contributed by atoms with van der Waals surface area (Å²) in [5, 5.41) is 13.5. The number of amides is 1. The molecule has 22 heavy (non-hydrogen) atoms. The second-order valence-corrected chi connectivity index (χ2v) is 6.78. The van der Waals surface area contributed by atoms with Gasteiger partial charge in [0.15, 0.2) is 0 Å². The molecule has 1 saturated carbocycles. The van der Waals surface area contributed by atoms with Gasteiger partial charge in [-0.25, -0.2) is 0 Å². The highest BCUT2D eigenvalue weighted by Crippen LogP contribution is 2.27. The van der Waals surface area contributed by atoms with Gasteiger partial charge in [0.25, 0.3) is 0 Å². The first-order valence-electron chi connectivity index (χ1n) is 8.14. The van der Waals surface area contributed by atoms with Crippen molar-refractivity contribution in [1.82, 2.24) is 10.2 Å². The van der Waals surface area contributed by atoms with E-state index in [-0.39, 0.29) is 11.9 Å². The third-order valence-corrected chi connectivity index (χ3v) is 4.50. The van der Waals surface area contributed by atoms with Crippen LogP contribution in [0.25, 0.3) is 0 Å². The van der Waals surface area contributed by atoms with Gasteiger partial charge in [0, 0.05) is 6.54 Å². The van der Waals surface area contributed by atoms with E-state index in [1.54, 1.807) is 0 Å². The minimum atomic E-state index is -0.725. The van der Waals surface area contributed by atoms with E-state index in [9.17, 15) is 9.90 Å². The molecule has 1 amide bonds. The fourth-order valence-electron chi connectivity index (χ4n) is 3.26. The summed E-state index contributed by atoms with van der Waals surface area (Å²) in [5.41, 5.74) is 1.40. The van der Waals surface area contributed by atoms with Gasteiger partial charge in [0.05, 0.1) is 5.60 Å². The van der Waals surface area contributed by atoms with Crippen molar-refractivity contribution in [2.75, 3.05) is 20.6 Å². The Hall–Kier alpha value is -1.39. The van der Waals surface area contributed by atoms with E-state index in [1.807, 2.05) is 50.2 Å². The highest BCUT2D eigenvalue weighted by atomic mass is 16.3. The Kier molecular flexibility index (Phi) is 5.59. The van der Waals surface area contributed by atoms with Crippen LogP contribution in [0.3, 0.4) is 0 Å². The first kappa shape index (κ1) is 17.0. The number of hydrogen-bond acceptors (Lipinski definition) is 3. The Labute approximate surface area is 133 Å². The normalized spacial score (nSPS) is 19.0. The lowest BCUT2D eigenvalue weighted by molar-refractivity contribution is -0.127. The van der Waals surface area contributed by atoms with Crippen molar-refractivity contribution in [3.05, 3.63) is 35.4 Å². The zero-order valence-electron chi connectivity index (χ0n) is 13.9. The average Bonchev–Trinajstić information content (AvgIpc) is 2.46. The van der Waals surface area contributed by atoms with Crippen molar-refractivity contribution < 1.29 is 9.90 Å². The van der Waals surface area contributed by atoms with Gasteiger partial charge in [-0.15, -0.1) is 0 Å². The lowest BCUT2D eigenvalue weighted by Crippen LogP contribution is -2.47. The Bertz CT molecular complexity index is 508. The fourth-order valence-corrected chi connectivity index (χ4v) is 3.26. The minimum absolute atomic E-state index is 0.0467. The molecule has 0 bridgehead atoms. The monoisotopic (exact) mass is 304 g/mol. The van der Waals surface area contributed by atoms with Crippen molar-refractivity contribution in [2.24, 2.45) is 0 Å². The van der Waals surface area contributed by atoms with Gasteiger partial charge in [0.1, 0.15) is 6.04 Å². The summed E-state index contributed by atoms with van der Waals surface area (Å²) in [5.74, 6) is -0.0467. The van der Waals surface area contributed by atoms with Gasteiger partial charge in [-0.2, -0.15) is 0 Å². The number of nitrogens with one attached hydrogen (secondary N) is 1. The Balaban J connectivity index is 2.04. The number of likely N-dealkylation sites (N-methyl/N-ethyl adjacent to an activating group) is 1. The maximum atomic E-state index is 12.6. The van der Waals surface area contributed by atoms with Crippen LogP contribution < -0.4 is 5.32 Å². The van der Waals surface area contributed by atoms with Gasteiger partial charge in [-0.05, 0) is 39.4 Å². The summed E-state index contributed by atoms with van der Waals surface area (Å²) >= 11 is 0. The molecule has 4 heteroatoms. The van der Waals surface area contributed by atoms with Crippen LogP contribution in [0.1, 0.15) is 49.3 Å². The number of nitrogens with zero attached hydrogens (tertiary/aromatic N) is 1. The van der Waals surface area contributed by atoms with E-state index >= 15 is 0 Å². The third-order valence-electron chi connectivity index (χ3n) is 4.50. The fraction of sp³-hybridized carbons (Fsp3) is 0.611. The molecule has 1 aromatic carbocycles.